The predicted octanol–water partition coefficient (Wildman–Crippen LogP) is 2.81. The molecular formula is C9H12F3N3OS3. The lowest BCUT2D eigenvalue weighted by atomic mass is 10.4. The Morgan fingerprint density at radius 1 is 1.42 bits per heavy atom. The van der Waals surface area contributed by atoms with Gasteiger partial charge in [-0.05, 0) is 12.7 Å². The predicted molar refractivity (Wildman–Crippen MR) is 70.7 cm³/mol. The van der Waals surface area contributed by atoms with Crippen molar-refractivity contribution in [2.75, 3.05) is 12.3 Å². The van der Waals surface area contributed by atoms with Gasteiger partial charge in [0.2, 0.25) is 5.91 Å². The molecule has 4 nitrogen and oxygen atoms in total. The molecule has 0 spiro atoms. The summed E-state index contributed by atoms with van der Waals surface area (Å²) in [5.74, 6) is 0.197. The van der Waals surface area contributed by atoms with Gasteiger partial charge in [0.25, 0.3) is 0 Å². The molecule has 1 rings (SSSR count). The maximum Gasteiger partial charge on any atom is 0.405 e. The highest BCUT2D eigenvalue weighted by Gasteiger charge is 2.29. The van der Waals surface area contributed by atoms with Crippen molar-refractivity contribution in [2.24, 2.45) is 0 Å². The normalized spacial score (nSPS) is 13.3. The Kier molecular flexibility index (Phi) is 6.40. The number of alkyl halides is 3. The van der Waals surface area contributed by atoms with Crippen molar-refractivity contribution >= 4 is 40.8 Å². The molecule has 10 heteroatoms. The minimum atomic E-state index is -4.40. The molecule has 0 radical (unpaired) electrons. The van der Waals surface area contributed by atoms with Crippen LogP contribution in [0.5, 0.6) is 0 Å². The third-order valence-corrected chi connectivity index (χ3v) is 4.89. The first-order valence-electron chi connectivity index (χ1n) is 5.29. The molecule has 1 heterocycles. The molecule has 0 aliphatic heterocycles. The highest BCUT2D eigenvalue weighted by Crippen LogP contribution is 2.31. The van der Waals surface area contributed by atoms with E-state index in [2.05, 4.69) is 10.2 Å². The van der Waals surface area contributed by atoms with Gasteiger partial charge in [-0.25, -0.2) is 0 Å². The molecule has 1 aromatic rings. The summed E-state index contributed by atoms with van der Waals surface area (Å²) in [5, 5.41) is 8.97. The average molecular weight is 331 g/mol. The van der Waals surface area contributed by atoms with Crippen LogP contribution in [0.4, 0.5) is 13.2 Å². The zero-order valence-corrected chi connectivity index (χ0v) is 12.6. The van der Waals surface area contributed by atoms with E-state index in [0.717, 1.165) is 21.9 Å². The Balaban J connectivity index is 2.44. The Labute approximate surface area is 120 Å². The fraction of sp³-hybridized carbons (Fsp3) is 0.667. The van der Waals surface area contributed by atoms with Crippen molar-refractivity contribution in [3.05, 3.63) is 0 Å². The molecular weight excluding hydrogens is 319 g/mol. The van der Waals surface area contributed by atoms with Gasteiger partial charge < -0.3 is 5.32 Å². The zero-order valence-electron chi connectivity index (χ0n) is 10.2. The van der Waals surface area contributed by atoms with Crippen molar-refractivity contribution in [1.29, 1.82) is 0 Å². The molecule has 0 aliphatic rings. The summed E-state index contributed by atoms with van der Waals surface area (Å²) in [6, 6.07) is 0. The lowest BCUT2D eigenvalue weighted by molar-refractivity contribution is -0.137. The van der Waals surface area contributed by atoms with Crippen LogP contribution in [0.1, 0.15) is 13.8 Å². The number of thioether (sulfide) groups is 2. The SMILES string of the molecule is CCSc1nnc(SC(C)C(=O)NCC(F)(F)F)s1. The summed E-state index contributed by atoms with van der Waals surface area (Å²) >= 11 is 3.96. The number of aromatic nitrogens is 2. The molecule has 0 bridgehead atoms. The Morgan fingerprint density at radius 2 is 2.05 bits per heavy atom. The molecule has 19 heavy (non-hydrogen) atoms. The van der Waals surface area contributed by atoms with E-state index in [1.165, 1.54) is 30.0 Å². The number of hydrogen-bond donors (Lipinski definition) is 1. The maximum atomic E-state index is 11.9. The number of halogens is 3. The van der Waals surface area contributed by atoms with Crippen LogP contribution in [0.2, 0.25) is 0 Å². The smallest absolute Gasteiger partial charge is 0.346 e. The summed E-state index contributed by atoms with van der Waals surface area (Å²) in [4.78, 5) is 11.4. The second-order valence-electron chi connectivity index (χ2n) is 3.36. The minimum absolute atomic E-state index is 0.575. The molecule has 0 saturated carbocycles. The van der Waals surface area contributed by atoms with E-state index >= 15 is 0 Å². The van der Waals surface area contributed by atoms with E-state index in [-0.39, 0.29) is 0 Å². The largest absolute Gasteiger partial charge is 0.405 e. The van der Waals surface area contributed by atoms with Crippen molar-refractivity contribution in [1.82, 2.24) is 15.5 Å². The monoisotopic (exact) mass is 331 g/mol. The highest BCUT2D eigenvalue weighted by atomic mass is 32.2. The third-order valence-electron chi connectivity index (χ3n) is 1.77. The standard InChI is InChI=1S/C9H12F3N3OS3/c1-3-17-7-14-15-8(19-7)18-5(2)6(16)13-4-9(10,11)12/h5H,3-4H2,1-2H3,(H,13,16). The lowest BCUT2D eigenvalue weighted by Crippen LogP contribution is -2.37. The second-order valence-corrected chi connectivity index (χ2v) is 7.44. The molecule has 1 N–H and O–H groups in total. The van der Waals surface area contributed by atoms with Crippen LogP contribution < -0.4 is 5.32 Å². The van der Waals surface area contributed by atoms with Gasteiger partial charge in [0.05, 0.1) is 5.25 Å². The summed E-state index contributed by atoms with van der Waals surface area (Å²) < 4.78 is 37.2. The highest BCUT2D eigenvalue weighted by molar-refractivity contribution is 8.03. The summed E-state index contributed by atoms with van der Waals surface area (Å²) in [6.07, 6.45) is -4.40. The van der Waals surface area contributed by atoms with Gasteiger partial charge in [-0.1, -0.05) is 41.8 Å². The van der Waals surface area contributed by atoms with Crippen LogP contribution in [0.15, 0.2) is 8.68 Å². The molecule has 108 valence electrons. The number of nitrogens with zero attached hydrogens (tertiary/aromatic N) is 2. The summed E-state index contributed by atoms with van der Waals surface area (Å²) in [5.41, 5.74) is 0. The van der Waals surface area contributed by atoms with Gasteiger partial charge in [0, 0.05) is 0 Å². The fourth-order valence-corrected chi connectivity index (χ4v) is 4.05. The van der Waals surface area contributed by atoms with Crippen molar-refractivity contribution < 1.29 is 18.0 Å². The topological polar surface area (TPSA) is 54.9 Å². The molecule has 0 aliphatic carbocycles. The number of carbonyl (C=O) groups is 1. The molecule has 1 aromatic heterocycles. The van der Waals surface area contributed by atoms with Gasteiger partial charge in [0.1, 0.15) is 6.54 Å². The van der Waals surface area contributed by atoms with Crippen LogP contribution in [0.3, 0.4) is 0 Å². The molecule has 1 amide bonds. The molecule has 0 fully saturated rings. The Morgan fingerprint density at radius 3 is 2.63 bits per heavy atom. The van der Waals surface area contributed by atoms with E-state index in [1.54, 1.807) is 0 Å². The van der Waals surface area contributed by atoms with Gasteiger partial charge >= 0.3 is 6.18 Å². The van der Waals surface area contributed by atoms with Crippen LogP contribution in [0, 0.1) is 0 Å². The van der Waals surface area contributed by atoms with E-state index in [4.69, 9.17) is 0 Å². The molecule has 1 unspecified atom stereocenters. The molecule has 1 atom stereocenters. The van der Waals surface area contributed by atoms with Gasteiger partial charge in [-0.2, -0.15) is 13.2 Å². The van der Waals surface area contributed by atoms with Crippen molar-refractivity contribution in [3.63, 3.8) is 0 Å². The van der Waals surface area contributed by atoms with Crippen LogP contribution >= 0.6 is 34.9 Å². The van der Waals surface area contributed by atoms with E-state index in [1.807, 2.05) is 12.2 Å². The first-order valence-corrected chi connectivity index (χ1v) is 7.97. The summed E-state index contributed by atoms with van der Waals surface area (Å²) in [6.45, 7) is 2.19. The quantitative estimate of drug-likeness (QED) is 0.813. The number of carbonyl (C=O) groups excluding carboxylic acids is 1. The van der Waals surface area contributed by atoms with Crippen LogP contribution in [-0.4, -0.2) is 39.8 Å². The van der Waals surface area contributed by atoms with Crippen LogP contribution in [-0.2, 0) is 4.79 Å². The second kappa shape index (κ2) is 7.34. The first-order chi connectivity index (χ1) is 8.81. The van der Waals surface area contributed by atoms with Crippen LogP contribution in [0.25, 0.3) is 0 Å². The summed E-state index contributed by atoms with van der Waals surface area (Å²) in [7, 11) is 0. The minimum Gasteiger partial charge on any atom is -0.346 e. The molecule has 0 aromatic carbocycles. The number of rotatable bonds is 6. The van der Waals surface area contributed by atoms with Crippen molar-refractivity contribution in [3.8, 4) is 0 Å². The zero-order chi connectivity index (χ0) is 14.5. The van der Waals surface area contributed by atoms with Gasteiger partial charge in [-0.15, -0.1) is 10.2 Å². The van der Waals surface area contributed by atoms with E-state index in [0.29, 0.717) is 4.34 Å². The number of amides is 1. The van der Waals surface area contributed by atoms with Gasteiger partial charge in [0.15, 0.2) is 8.68 Å². The average Bonchev–Trinajstić information content (AvgIpc) is 2.73. The van der Waals surface area contributed by atoms with E-state index < -0.39 is 23.9 Å². The number of nitrogens with one attached hydrogen (secondary N) is 1. The lowest BCUT2D eigenvalue weighted by Gasteiger charge is -2.11. The Hall–Kier alpha value is -0.480. The molecule has 0 saturated heterocycles. The van der Waals surface area contributed by atoms with Crippen molar-refractivity contribution in [2.45, 2.75) is 34.0 Å². The number of hydrogen-bond acceptors (Lipinski definition) is 6. The Bertz CT molecular complexity index is 424. The maximum absolute atomic E-state index is 11.9. The fourth-order valence-electron chi connectivity index (χ4n) is 0.962. The third kappa shape index (κ3) is 6.48. The van der Waals surface area contributed by atoms with Gasteiger partial charge in [-0.3, -0.25) is 4.79 Å². The van der Waals surface area contributed by atoms with E-state index in [9.17, 15) is 18.0 Å². The first kappa shape index (κ1) is 16.6.